The van der Waals surface area contributed by atoms with Crippen LogP contribution >= 0.6 is 23.5 Å². The number of carbonyl (C=O) groups is 2. The fourth-order valence-electron chi connectivity index (χ4n) is 3.23. The number of carbonyl (C=O) groups excluding carboxylic acids is 2. The molecule has 0 aliphatic carbocycles. The van der Waals surface area contributed by atoms with E-state index in [1.807, 2.05) is 7.05 Å². The normalized spacial score (nSPS) is 22.7. The van der Waals surface area contributed by atoms with E-state index in [4.69, 9.17) is 4.74 Å². The minimum absolute atomic E-state index is 0.173. The van der Waals surface area contributed by atoms with Crippen LogP contribution in [0, 0.1) is 10.1 Å². The summed E-state index contributed by atoms with van der Waals surface area (Å²) in [6.45, 7) is 2.62. The van der Waals surface area contributed by atoms with Gasteiger partial charge in [-0.25, -0.2) is 14.7 Å². The summed E-state index contributed by atoms with van der Waals surface area (Å²) in [5.74, 6) is 1.51. The summed E-state index contributed by atoms with van der Waals surface area (Å²) < 4.78 is 5.78. The number of ether oxygens (including phenoxy) is 1. The molecule has 154 valence electrons. The maximum absolute atomic E-state index is 13.0. The van der Waals surface area contributed by atoms with Crippen molar-refractivity contribution in [2.45, 2.75) is 6.23 Å². The van der Waals surface area contributed by atoms with Crippen LogP contribution in [0.25, 0.3) is 0 Å². The number of anilines is 1. The molecule has 0 aromatic carbocycles. The topological polar surface area (TPSA) is 109 Å². The molecule has 4 rings (SSSR count). The molecule has 1 atom stereocenters. The highest BCUT2D eigenvalue weighted by Gasteiger charge is 2.45. The summed E-state index contributed by atoms with van der Waals surface area (Å²) >= 11 is 2.93. The molecular formula is C17H19N5O5S2. The molecule has 1 fully saturated rings. The molecule has 2 amide bonds. The second-order valence-corrected chi connectivity index (χ2v) is 8.97. The molecule has 4 heterocycles. The van der Waals surface area contributed by atoms with Crippen LogP contribution in [0.5, 0.6) is 0 Å². The smallest absolute Gasteiger partial charge is 0.412 e. The van der Waals surface area contributed by atoms with Gasteiger partial charge < -0.3 is 14.5 Å². The van der Waals surface area contributed by atoms with Gasteiger partial charge in [0.15, 0.2) is 0 Å². The van der Waals surface area contributed by atoms with Gasteiger partial charge in [-0.05, 0) is 13.1 Å². The van der Waals surface area contributed by atoms with Crippen LogP contribution in [0.2, 0.25) is 0 Å². The van der Waals surface area contributed by atoms with Gasteiger partial charge in [-0.15, -0.1) is 23.5 Å². The third kappa shape index (κ3) is 3.91. The largest absolute Gasteiger partial charge is 0.420 e. The lowest BCUT2D eigenvalue weighted by atomic mass is 10.3. The average Bonchev–Trinajstić information content (AvgIpc) is 3.00. The fourth-order valence-corrected chi connectivity index (χ4v) is 5.66. The van der Waals surface area contributed by atoms with Crippen LogP contribution in [-0.4, -0.2) is 82.7 Å². The first-order chi connectivity index (χ1) is 14.0. The lowest BCUT2D eigenvalue weighted by Gasteiger charge is -2.33. The summed E-state index contributed by atoms with van der Waals surface area (Å²) in [7, 11) is 1.99. The van der Waals surface area contributed by atoms with Crippen molar-refractivity contribution in [2.24, 2.45) is 0 Å². The molecule has 1 aromatic rings. The summed E-state index contributed by atoms with van der Waals surface area (Å²) in [4.78, 5) is 46.5. The molecule has 0 spiro atoms. The first kappa shape index (κ1) is 20.0. The van der Waals surface area contributed by atoms with Crippen molar-refractivity contribution in [3.8, 4) is 0 Å². The molecule has 1 unspecified atom stereocenters. The van der Waals surface area contributed by atoms with Crippen LogP contribution < -0.4 is 4.90 Å². The molecule has 1 aromatic heterocycles. The predicted molar refractivity (Wildman–Crippen MR) is 110 cm³/mol. The van der Waals surface area contributed by atoms with E-state index in [-0.39, 0.29) is 17.4 Å². The minimum Gasteiger partial charge on any atom is -0.420 e. The first-order valence-corrected chi connectivity index (χ1v) is 11.0. The van der Waals surface area contributed by atoms with Crippen molar-refractivity contribution >= 4 is 47.0 Å². The van der Waals surface area contributed by atoms with Gasteiger partial charge in [0.1, 0.15) is 12.0 Å². The van der Waals surface area contributed by atoms with Crippen LogP contribution in [0.3, 0.4) is 0 Å². The zero-order valence-corrected chi connectivity index (χ0v) is 17.3. The summed E-state index contributed by atoms with van der Waals surface area (Å²) in [5.41, 5.74) is -0.173. The van der Waals surface area contributed by atoms with Crippen LogP contribution in [0.4, 0.5) is 16.3 Å². The van der Waals surface area contributed by atoms with Gasteiger partial charge in [-0.2, -0.15) is 0 Å². The van der Waals surface area contributed by atoms with Crippen molar-refractivity contribution in [1.29, 1.82) is 0 Å². The zero-order valence-electron chi connectivity index (χ0n) is 15.6. The molecule has 0 N–H and O–H groups in total. The molecule has 3 aliphatic rings. The van der Waals surface area contributed by atoms with E-state index in [2.05, 4.69) is 9.88 Å². The summed E-state index contributed by atoms with van der Waals surface area (Å²) in [6.07, 6.45) is -0.288. The quantitative estimate of drug-likeness (QED) is 0.516. The van der Waals surface area contributed by atoms with Crippen LogP contribution in [-0.2, 0) is 9.53 Å². The predicted octanol–water partition coefficient (Wildman–Crippen LogP) is 1.74. The number of piperazine rings is 1. The van der Waals surface area contributed by atoms with E-state index in [0.717, 1.165) is 30.8 Å². The van der Waals surface area contributed by atoms with Crippen LogP contribution in [0.1, 0.15) is 0 Å². The Morgan fingerprint density at radius 1 is 1.24 bits per heavy atom. The van der Waals surface area contributed by atoms with Crippen molar-refractivity contribution in [1.82, 2.24) is 14.8 Å². The van der Waals surface area contributed by atoms with E-state index >= 15 is 0 Å². The Kier molecular flexibility index (Phi) is 5.65. The van der Waals surface area contributed by atoms with Gasteiger partial charge in [0.05, 0.1) is 14.7 Å². The Labute approximate surface area is 175 Å². The highest BCUT2D eigenvalue weighted by Crippen LogP contribution is 2.45. The fraction of sp³-hybridized carbons (Fsp3) is 0.471. The monoisotopic (exact) mass is 437 g/mol. The van der Waals surface area contributed by atoms with Crippen LogP contribution in [0.15, 0.2) is 28.1 Å². The average molecular weight is 438 g/mol. The standard InChI is InChI=1S/C17H19N5O5S2/c1-19-4-6-20(7-5-19)17(24)27-16-14-13(28-8-9-29-14)15(23)21(16)12-3-2-11(10-18-12)22(25)26/h2-3,10,16H,4-9H2,1H3. The van der Waals surface area contributed by atoms with E-state index in [1.54, 1.807) is 4.90 Å². The van der Waals surface area contributed by atoms with Crippen molar-refractivity contribution in [3.63, 3.8) is 0 Å². The van der Waals surface area contributed by atoms with Gasteiger partial charge in [0, 0.05) is 43.8 Å². The third-order valence-corrected chi connectivity index (χ3v) is 7.45. The van der Waals surface area contributed by atoms with Gasteiger partial charge in [-0.1, -0.05) is 0 Å². The number of nitro groups is 1. The number of nitrogens with zero attached hydrogens (tertiary/aromatic N) is 5. The maximum atomic E-state index is 13.0. The molecule has 0 radical (unpaired) electrons. The Bertz CT molecular complexity index is 869. The number of hydrogen-bond acceptors (Lipinski definition) is 9. The van der Waals surface area contributed by atoms with Gasteiger partial charge >= 0.3 is 6.09 Å². The van der Waals surface area contributed by atoms with E-state index < -0.39 is 17.2 Å². The lowest BCUT2D eigenvalue weighted by Crippen LogP contribution is -2.49. The second-order valence-electron chi connectivity index (χ2n) is 6.72. The maximum Gasteiger partial charge on any atom is 0.412 e. The molecule has 29 heavy (non-hydrogen) atoms. The number of aromatic nitrogens is 1. The minimum atomic E-state index is -0.906. The molecule has 10 nitrogen and oxygen atoms in total. The number of amides is 2. The lowest BCUT2D eigenvalue weighted by molar-refractivity contribution is -0.385. The highest BCUT2D eigenvalue weighted by atomic mass is 32.2. The SMILES string of the molecule is CN1CCN(C(=O)OC2C3=C(SCCS3)C(=O)N2c2ccc([N+](=O)[O-])cn2)CC1. The van der Waals surface area contributed by atoms with Gasteiger partial charge in [-0.3, -0.25) is 14.9 Å². The van der Waals surface area contributed by atoms with E-state index in [9.17, 15) is 19.7 Å². The number of rotatable bonds is 3. The first-order valence-electron chi connectivity index (χ1n) is 9.03. The molecule has 0 bridgehead atoms. The number of thioether (sulfide) groups is 2. The van der Waals surface area contributed by atoms with Crippen molar-refractivity contribution < 1.29 is 19.2 Å². The number of pyridine rings is 1. The third-order valence-electron chi connectivity index (χ3n) is 4.85. The van der Waals surface area contributed by atoms with Gasteiger partial charge in [0.2, 0.25) is 6.23 Å². The zero-order chi connectivity index (χ0) is 20.5. The Hall–Kier alpha value is -2.31. The van der Waals surface area contributed by atoms with Gasteiger partial charge in [0.25, 0.3) is 11.6 Å². The molecular weight excluding hydrogens is 418 g/mol. The molecule has 0 saturated carbocycles. The Balaban J connectivity index is 1.60. The summed E-state index contributed by atoms with van der Waals surface area (Å²) in [6, 6.07) is 2.69. The van der Waals surface area contributed by atoms with Crippen molar-refractivity contribution in [2.75, 3.05) is 49.6 Å². The molecule has 3 aliphatic heterocycles. The number of likely N-dealkylation sites (N-methyl/N-ethyl adjacent to an activating group) is 1. The van der Waals surface area contributed by atoms with E-state index in [1.165, 1.54) is 40.6 Å². The highest BCUT2D eigenvalue weighted by molar-refractivity contribution is 8.10. The second kappa shape index (κ2) is 8.20. The number of hydrogen-bond donors (Lipinski definition) is 0. The van der Waals surface area contributed by atoms with Crippen molar-refractivity contribution in [3.05, 3.63) is 38.3 Å². The molecule has 1 saturated heterocycles. The Morgan fingerprint density at radius 2 is 1.97 bits per heavy atom. The Morgan fingerprint density at radius 3 is 2.62 bits per heavy atom. The van der Waals surface area contributed by atoms with E-state index in [0.29, 0.717) is 22.9 Å². The molecule has 12 heteroatoms. The summed E-state index contributed by atoms with van der Waals surface area (Å²) in [5, 5.41) is 10.9.